The number of nitrogens with zero attached hydrogens (tertiary/aromatic N) is 2. The van der Waals surface area contributed by atoms with Crippen molar-refractivity contribution < 1.29 is 0 Å². The van der Waals surface area contributed by atoms with Crippen LogP contribution in [0.25, 0.3) is 0 Å². The molecule has 0 spiro atoms. The van der Waals surface area contributed by atoms with Crippen LogP contribution in [-0.4, -0.2) is 16.0 Å². The fourth-order valence-corrected chi connectivity index (χ4v) is 0.700. The monoisotopic (exact) mass is 152 g/mol. The van der Waals surface area contributed by atoms with Crippen molar-refractivity contribution in [1.82, 2.24) is 9.97 Å². The van der Waals surface area contributed by atoms with Crippen LogP contribution >= 0.6 is 0 Å². The van der Waals surface area contributed by atoms with Crippen LogP contribution < -0.4 is 11.1 Å². The molecule has 3 N–H and O–H groups in total. The number of nitrogens with one attached hydrogen (secondary N) is 1. The number of hydrogen-bond acceptors (Lipinski definition) is 4. The molecule has 4 heteroatoms. The molecule has 4 nitrogen and oxygen atoms in total. The Morgan fingerprint density at radius 3 is 2.82 bits per heavy atom. The zero-order valence-electron chi connectivity index (χ0n) is 6.70. The maximum Gasteiger partial charge on any atom is 0.224 e. The average molecular weight is 152 g/mol. The van der Waals surface area contributed by atoms with E-state index in [0.717, 1.165) is 0 Å². The van der Waals surface area contributed by atoms with Gasteiger partial charge in [0.15, 0.2) is 0 Å². The molecule has 0 aliphatic carbocycles. The molecule has 0 aromatic carbocycles. The lowest BCUT2D eigenvalue weighted by atomic mass is 10.4. The van der Waals surface area contributed by atoms with Gasteiger partial charge in [0.25, 0.3) is 0 Å². The van der Waals surface area contributed by atoms with E-state index >= 15 is 0 Å². The highest BCUT2D eigenvalue weighted by Gasteiger charge is 1.96. The first-order chi connectivity index (χ1) is 5.18. The number of anilines is 2. The zero-order chi connectivity index (χ0) is 8.27. The lowest BCUT2D eigenvalue weighted by Gasteiger charge is -2.06. The lowest BCUT2D eigenvalue weighted by molar-refractivity contribution is 0.875. The van der Waals surface area contributed by atoms with Crippen LogP contribution in [0.3, 0.4) is 0 Å². The molecular weight excluding hydrogens is 140 g/mol. The molecular formula is C7H12N4. The smallest absolute Gasteiger partial charge is 0.224 e. The SMILES string of the molecule is CC(C)Nc1nccc(N)n1. The second-order valence-corrected chi connectivity index (χ2v) is 2.60. The quantitative estimate of drug-likeness (QED) is 0.660. The van der Waals surface area contributed by atoms with E-state index in [-0.39, 0.29) is 0 Å². The van der Waals surface area contributed by atoms with Crippen LogP contribution in [0, 0.1) is 0 Å². The van der Waals surface area contributed by atoms with Crippen LogP contribution in [-0.2, 0) is 0 Å². The van der Waals surface area contributed by atoms with Gasteiger partial charge in [0.05, 0.1) is 0 Å². The van der Waals surface area contributed by atoms with E-state index < -0.39 is 0 Å². The standard InChI is InChI=1S/C7H12N4/c1-5(2)10-7-9-4-3-6(8)11-7/h3-5H,1-2H3,(H3,8,9,10,11). The molecule has 0 atom stereocenters. The Morgan fingerprint density at radius 1 is 1.55 bits per heavy atom. The first-order valence-corrected chi connectivity index (χ1v) is 3.53. The molecule has 0 radical (unpaired) electrons. The van der Waals surface area contributed by atoms with E-state index in [0.29, 0.717) is 17.8 Å². The first-order valence-electron chi connectivity index (χ1n) is 3.53. The highest BCUT2D eigenvalue weighted by atomic mass is 15.1. The summed E-state index contributed by atoms with van der Waals surface area (Å²) in [6, 6.07) is 1.99. The van der Waals surface area contributed by atoms with Crippen molar-refractivity contribution in [3.05, 3.63) is 12.3 Å². The molecule has 0 fully saturated rings. The second-order valence-electron chi connectivity index (χ2n) is 2.60. The minimum Gasteiger partial charge on any atom is -0.384 e. The third kappa shape index (κ3) is 2.41. The molecule has 0 saturated heterocycles. The number of hydrogen-bond donors (Lipinski definition) is 2. The molecule has 11 heavy (non-hydrogen) atoms. The normalized spacial score (nSPS) is 10.1. The molecule has 60 valence electrons. The largest absolute Gasteiger partial charge is 0.384 e. The number of nitrogen functional groups attached to an aromatic ring is 1. The average Bonchev–Trinajstić information content (AvgIpc) is 1.85. The lowest BCUT2D eigenvalue weighted by Crippen LogP contribution is -2.12. The highest BCUT2D eigenvalue weighted by Crippen LogP contribution is 2.01. The van der Waals surface area contributed by atoms with E-state index in [4.69, 9.17) is 5.73 Å². The van der Waals surface area contributed by atoms with Gasteiger partial charge in [-0.25, -0.2) is 4.98 Å². The predicted molar refractivity (Wildman–Crippen MR) is 45.2 cm³/mol. The molecule has 1 heterocycles. The van der Waals surface area contributed by atoms with Crippen LogP contribution in [0.2, 0.25) is 0 Å². The van der Waals surface area contributed by atoms with Crippen LogP contribution in [0.15, 0.2) is 12.3 Å². The Kier molecular flexibility index (Phi) is 2.25. The minimum atomic E-state index is 0.330. The van der Waals surface area contributed by atoms with Crippen LogP contribution in [0.1, 0.15) is 13.8 Å². The summed E-state index contributed by atoms with van der Waals surface area (Å²) in [6.45, 7) is 4.04. The Hall–Kier alpha value is -1.32. The molecule has 1 aromatic heterocycles. The van der Waals surface area contributed by atoms with Gasteiger partial charge in [-0.3, -0.25) is 0 Å². The molecule has 0 saturated carbocycles. The maximum atomic E-state index is 5.44. The van der Waals surface area contributed by atoms with Crippen LogP contribution in [0.4, 0.5) is 11.8 Å². The maximum absolute atomic E-state index is 5.44. The fraction of sp³-hybridized carbons (Fsp3) is 0.429. The summed E-state index contributed by atoms with van der Waals surface area (Å²) in [5, 5.41) is 3.04. The molecule has 0 aliphatic heterocycles. The summed E-state index contributed by atoms with van der Waals surface area (Å²) in [4.78, 5) is 7.95. The van der Waals surface area contributed by atoms with Gasteiger partial charge < -0.3 is 11.1 Å². The zero-order valence-corrected chi connectivity index (χ0v) is 6.70. The summed E-state index contributed by atoms with van der Waals surface area (Å²) in [7, 11) is 0. The van der Waals surface area contributed by atoms with Gasteiger partial charge in [0, 0.05) is 12.2 Å². The molecule has 1 rings (SSSR count). The summed E-state index contributed by atoms with van der Waals surface area (Å²) < 4.78 is 0. The number of rotatable bonds is 2. The molecule has 0 unspecified atom stereocenters. The number of nitrogens with two attached hydrogens (primary N) is 1. The van der Waals surface area contributed by atoms with E-state index in [1.54, 1.807) is 12.3 Å². The Bertz CT molecular complexity index is 234. The van der Waals surface area contributed by atoms with Crippen molar-refractivity contribution in [3.63, 3.8) is 0 Å². The van der Waals surface area contributed by atoms with Crippen molar-refractivity contribution in [1.29, 1.82) is 0 Å². The van der Waals surface area contributed by atoms with E-state index in [2.05, 4.69) is 15.3 Å². The van der Waals surface area contributed by atoms with Crippen molar-refractivity contribution >= 4 is 11.8 Å². The summed E-state index contributed by atoms with van der Waals surface area (Å²) in [6.07, 6.45) is 1.63. The second kappa shape index (κ2) is 3.18. The van der Waals surface area contributed by atoms with Gasteiger partial charge in [0.1, 0.15) is 5.82 Å². The summed E-state index contributed by atoms with van der Waals surface area (Å²) in [5.74, 6) is 1.07. The highest BCUT2D eigenvalue weighted by molar-refractivity contribution is 5.35. The van der Waals surface area contributed by atoms with Gasteiger partial charge in [-0.2, -0.15) is 4.98 Å². The molecule has 0 amide bonds. The van der Waals surface area contributed by atoms with Crippen molar-refractivity contribution in [2.45, 2.75) is 19.9 Å². The minimum absolute atomic E-state index is 0.330. The van der Waals surface area contributed by atoms with Gasteiger partial charge in [0.2, 0.25) is 5.95 Å². The van der Waals surface area contributed by atoms with E-state index in [1.165, 1.54) is 0 Å². The Labute approximate surface area is 65.9 Å². The fourth-order valence-electron chi connectivity index (χ4n) is 0.700. The van der Waals surface area contributed by atoms with Crippen molar-refractivity contribution in [2.75, 3.05) is 11.1 Å². The third-order valence-corrected chi connectivity index (χ3v) is 1.09. The van der Waals surface area contributed by atoms with E-state index in [1.807, 2.05) is 13.8 Å². The topological polar surface area (TPSA) is 63.8 Å². The molecule has 0 aliphatic rings. The summed E-state index contributed by atoms with van der Waals surface area (Å²) in [5.41, 5.74) is 5.44. The number of aromatic nitrogens is 2. The van der Waals surface area contributed by atoms with E-state index in [9.17, 15) is 0 Å². The molecule has 1 aromatic rings. The van der Waals surface area contributed by atoms with Gasteiger partial charge >= 0.3 is 0 Å². The van der Waals surface area contributed by atoms with Gasteiger partial charge in [-0.1, -0.05) is 0 Å². The third-order valence-electron chi connectivity index (χ3n) is 1.09. The van der Waals surface area contributed by atoms with Crippen molar-refractivity contribution in [2.24, 2.45) is 0 Å². The van der Waals surface area contributed by atoms with Gasteiger partial charge in [-0.05, 0) is 19.9 Å². The Morgan fingerprint density at radius 2 is 2.27 bits per heavy atom. The predicted octanol–water partition coefficient (Wildman–Crippen LogP) is 0.879. The Balaban J connectivity index is 2.71. The van der Waals surface area contributed by atoms with Gasteiger partial charge in [-0.15, -0.1) is 0 Å². The first kappa shape index (κ1) is 7.78. The van der Waals surface area contributed by atoms with Crippen molar-refractivity contribution in [3.8, 4) is 0 Å². The van der Waals surface area contributed by atoms with Crippen LogP contribution in [0.5, 0.6) is 0 Å². The summed E-state index contributed by atoms with van der Waals surface area (Å²) >= 11 is 0. The molecule has 0 bridgehead atoms.